The highest BCUT2D eigenvalue weighted by atomic mass is 19.1. The van der Waals surface area contributed by atoms with Gasteiger partial charge in [0.05, 0.1) is 5.69 Å². The number of hydrogen-bond donors (Lipinski definition) is 2. The molecule has 2 unspecified atom stereocenters. The summed E-state index contributed by atoms with van der Waals surface area (Å²) in [5.41, 5.74) is 2.17. The van der Waals surface area contributed by atoms with E-state index >= 15 is 0 Å². The number of hydrogen-bond acceptors (Lipinski definition) is 2. The minimum absolute atomic E-state index is 0.0149. The lowest BCUT2D eigenvalue weighted by Crippen LogP contribution is -2.31. The van der Waals surface area contributed by atoms with E-state index < -0.39 is 0 Å². The standard InChI is InChI=1S/C16H21FN2O/c1-10-4-2-3-5-13(10)18-15-9-14-11(8-12(15)17)6-7-16(20)19-14/h8-10,13,18H,2-7H2,1H3,(H,19,20). The lowest BCUT2D eigenvalue weighted by molar-refractivity contribution is -0.116. The average molecular weight is 276 g/mol. The van der Waals surface area contributed by atoms with Crippen molar-refractivity contribution in [2.75, 3.05) is 10.6 Å². The number of amides is 1. The largest absolute Gasteiger partial charge is 0.380 e. The number of nitrogens with one attached hydrogen (secondary N) is 2. The highest BCUT2D eigenvalue weighted by Gasteiger charge is 2.23. The minimum atomic E-state index is -0.210. The first-order valence-electron chi connectivity index (χ1n) is 7.52. The van der Waals surface area contributed by atoms with Gasteiger partial charge < -0.3 is 10.6 Å². The molecule has 0 spiro atoms. The van der Waals surface area contributed by atoms with Crippen molar-refractivity contribution in [2.45, 2.75) is 51.5 Å². The molecule has 1 amide bonds. The van der Waals surface area contributed by atoms with E-state index in [1.165, 1.54) is 19.3 Å². The van der Waals surface area contributed by atoms with Crippen molar-refractivity contribution in [1.29, 1.82) is 0 Å². The van der Waals surface area contributed by atoms with Crippen molar-refractivity contribution in [1.82, 2.24) is 0 Å². The highest BCUT2D eigenvalue weighted by molar-refractivity contribution is 5.94. The predicted molar refractivity (Wildman–Crippen MR) is 78.4 cm³/mol. The summed E-state index contributed by atoms with van der Waals surface area (Å²) in [5.74, 6) is 0.368. The highest BCUT2D eigenvalue weighted by Crippen LogP contribution is 2.32. The topological polar surface area (TPSA) is 41.1 Å². The van der Waals surface area contributed by atoms with Crippen molar-refractivity contribution < 1.29 is 9.18 Å². The van der Waals surface area contributed by atoms with Crippen molar-refractivity contribution >= 4 is 17.3 Å². The molecule has 0 bridgehead atoms. The Morgan fingerprint density at radius 2 is 2.05 bits per heavy atom. The fourth-order valence-corrected chi connectivity index (χ4v) is 3.24. The molecule has 1 aromatic rings. The number of halogens is 1. The number of carbonyl (C=O) groups excluding carboxylic acids is 1. The molecular weight excluding hydrogens is 255 g/mol. The van der Waals surface area contributed by atoms with Gasteiger partial charge in [-0.1, -0.05) is 19.8 Å². The van der Waals surface area contributed by atoms with E-state index in [2.05, 4.69) is 17.6 Å². The molecule has 1 aliphatic carbocycles. The van der Waals surface area contributed by atoms with Gasteiger partial charge >= 0.3 is 0 Å². The molecule has 1 aromatic carbocycles. The Balaban J connectivity index is 1.82. The maximum atomic E-state index is 14.2. The number of carbonyl (C=O) groups is 1. The molecule has 4 heteroatoms. The predicted octanol–water partition coefficient (Wildman–Crippen LogP) is 3.70. The molecule has 3 nitrogen and oxygen atoms in total. The second kappa shape index (κ2) is 5.43. The lowest BCUT2D eigenvalue weighted by Gasteiger charge is -2.31. The van der Waals surface area contributed by atoms with Gasteiger partial charge in [-0.2, -0.15) is 0 Å². The first-order valence-corrected chi connectivity index (χ1v) is 7.52. The van der Waals surface area contributed by atoms with Gasteiger partial charge in [-0.25, -0.2) is 4.39 Å². The molecule has 108 valence electrons. The molecule has 2 atom stereocenters. The molecule has 0 radical (unpaired) electrons. The fourth-order valence-electron chi connectivity index (χ4n) is 3.24. The lowest BCUT2D eigenvalue weighted by atomic mass is 9.85. The van der Waals surface area contributed by atoms with E-state index in [-0.39, 0.29) is 11.7 Å². The monoisotopic (exact) mass is 276 g/mol. The molecule has 20 heavy (non-hydrogen) atoms. The first kappa shape index (κ1) is 13.4. The van der Waals surface area contributed by atoms with E-state index in [1.54, 1.807) is 12.1 Å². The summed E-state index contributed by atoms with van der Waals surface area (Å²) in [6, 6.07) is 3.64. The van der Waals surface area contributed by atoms with E-state index in [0.717, 1.165) is 17.7 Å². The average Bonchev–Trinajstić information content (AvgIpc) is 2.42. The van der Waals surface area contributed by atoms with Gasteiger partial charge in [0.15, 0.2) is 0 Å². The van der Waals surface area contributed by atoms with Gasteiger partial charge in [-0.05, 0) is 42.9 Å². The SMILES string of the molecule is CC1CCCCC1Nc1cc2c(cc1F)CCC(=O)N2. The third-order valence-electron chi connectivity index (χ3n) is 4.54. The molecule has 1 fully saturated rings. The first-order chi connectivity index (χ1) is 9.63. The number of benzene rings is 1. The zero-order valence-corrected chi connectivity index (χ0v) is 11.8. The van der Waals surface area contributed by atoms with Crippen LogP contribution in [0.25, 0.3) is 0 Å². The summed E-state index contributed by atoms with van der Waals surface area (Å²) in [7, 11) is 0. The molecule has 3 rings (SSSR count). The zero-order valence-electron chi connectivity index (χ0n) is 11.8. The van der Waals surface area contributed by atoms with Gasteiger partial charge in [0.25, 0.3) is 0 Å². The Morgan fingerprint density at radius 1 is 1.25 bits per heavy atom. The van der Waals surface area contributed by atoms with E-state index in [1.807, 2.05) is 0 Å². The summed E-state index contributed by atoms with van der Waals surface area (Å²) in [6.07, 6.45) is 5.81. The van der Waals surface area contributed by atoms with Crippen molar-refractivity contribution in [3.8, 4) is 0 Å². The van der Waals surface area contributed by atoms with Crippen molar-refractivity contribution in [2.24, 2.45) is 5.92 Å². The number of fused-ring (bicyclic) bond motifs is 1. The fraction of sp³-hybridized carbons (Fsp3) is 0.562. The summed E-state index contributed by atoms with van der Waals surface area (Å²) in [5, 5.41) is 6.17. The zero-order chi connectivity index (χ0) is 14.1. The van der Waals surface area contributed by atoms with Crippen LogP contribution in [0.2, 0.25) is 0 Å². The quantitative estimate of drug-likeness (QED) is 0.864. The number of rotatable bonds is 2. The van der Waals surface area contributed by atoms with E-state index in [0.29, 0.717) is 30.5 Å². The van der Waals surface area contributed by atoms with Crippen LogP contribution in [-0.4, -0.2) is 11.9 Å². The Morgan fingerprint density at radius 3 is 2.85 bits per heavy atom. The maximum Gasteiger partial charge on any atom is 0.224 e. The Hall–Kier alpha value is -1.58. The Kier molecular flexibility index (Phi) is 3.64. The van der Waals surface area contributed by atoms with Crippen LogP contribution in [0.15, 0.2) is 12.1 Å². The molecular formula is C16H21FN2O. The van der Waals surface area contributed by atoms with Crippen molar-refractivity contribution in [3.63, 3.8) is 0 Å². The van der Waals surface area contributed by atoms with Gasteiger partial charge in [-0.3, -0.25) is 4.79 Å². The second-order valence-corrected chi connectivity index (χ2v) is 6.05. The minimum Gasteiger partial charge on any atom is -0.380 e. The van der Waals surface area contributed by atoms with Crippen LogP contribution in [0.4, 0.5) is 15.8 Å². The van der Waals surface area contributed by atoms with Crippen LogP contribution in [0.3, 0.4) is 0 Å². The van der Waals surface area contributed by atoms with Crippen molar-refractivity contribution in [3.05, 3.63) is 23.5 Å². The van der Waals surface area contributed by atoms with Crippen LogP contribution in [0.5, 0.6) is 0 Å². The molecule has 0 aromatic heterocycles. The van der Waals surface area contributed by atoms with Gasteiger partial charge in [0.2, 0.25) is 5.91 Å². The third-order valence-corrected chi connectivity index (χ3v) is 4.54. The summed E-state index contributed by atoms with van der Waals surface area (Å²) in [6.45, 7) is 2.22. The van der Waals surface area contributed by atoms with Crippen LogP contribution in [0, 0.1) is 11.7 Å². The molecule has 1 heterocycles. The number of aryl methyl sites for hydroxylation is 1. The van der Waals surface area contributed by atoms with Gasteiger partial charge in [0, 0.05) is 18.2 Å². The molecule has 1 saturated carbocycles. The maximum absolute atomic E-state index is 14.2. The van der Waals surface area contributed by atoms with Gasteiger partial charge in [-0.15, -0.1) is 0 Å². The van der Waals surface area contributed by atoms with Gasteiger partial charge in [0.1, 0.15) is 5.82 Å². The summed E-state index contributed by atoms with van der Waals surface area (Å²) >= 11 is 0. The van der Waals surface area contributed by atoms with E-state index in [9.17, 15) is 9.18 Å². The number of anilines is 2. The smallest absolute Gasteiger partial charge is 0.224 e. The van der Waals surface area contributed by atoms with E-state index in [4.69, 9.17) is 0 Å². The molecule has 0 saturated heterocycles. The van der Waals surface area contributed by atoms with Crippen LogP contribution in [-0.2, 0) is 11.2 Å². The second-order valence-electron chi connectivity index (χ2n) is 6.05. The van der Waals surface area contributed by atoms with Crippen LogP contribution >= 0.6 is 0 Å². The van der Waals surface area contributed by atoms with Crippen LogP contribution < -0.4 is 10.6 Å². The summed E-state index contributed by atoms with van der Waals surface area (Å²) < 4.78 is 14.2. The Labute approximate surface area is 118 Å². The summed E-state index contributed by atoms with van der Waals surface area (Å²) in [4.78, 5) is 11.4. The molecule has 2 aliphatic rings. The molecule has 1 aliphatic heterocycles. The normalized spacial score (nSPS) is 25.8. The third kappa shape index (κ3) is 2.65. The molecule has 2 N–H and O–H groups in total. The van der Waals surface area contributed by atoms with Crippen LogP contribution in [0.1, 0.15) is 44.6 Å². The Bertz CT molecular complexity index is 529.